The molecule has 5 heteroatoms. The number of hydrogen-bond acceptors (Lipinski definition) is 5. The summed E-state index contributed by atoms with van der Waals surface area (Å²) in [5.74, 6) is 0.737. The third-order valence-electron chi connectivity index (χ3n) is 5.71. The number of Topliss-reactive ketones (excluding diaryl/α,β-unsaturated/α-hetero) is 1. The van der Waals surface area contributed by atoms with Crippen LogP contribution in [0.5, 0.6) is 11.5 Å². The number of rotatable bonds is 3. The third kappa shape index (κ3) is 2.70. The van der Waals surface area contributed by atoms with Crippen LogP contribution in [0.2, 0.25) is 0 Å². The molecule has 0 radical (unpaired) electrons. The Bertz CT molecular complexity index is 685. The van der Waals surface area contributed by atoms with Gasteiger partial charge in [-0.1, -0.05) is 25.3 Å². The zero-order valence-corrected chi connectivity index (χ0v) is 15.4. The van der Waals surface area contributed by atoms with E-state index < -0.39 is 22.9 Å². The summed E-state index contributed by atoms with van der Waals surface area (Å²) in [6.07, 6.45) is 4.00. The molecule has 2 fully saturated rings. The molecule has 1 aromatic rings. The van der Waals surface area contributed by atoms with Crippen molar-refractivity contribution in [2.45, 2.75) is 52.1 Å². The smallest absolute Gasteiger partial charge is 0.319 e. The fourth-order valence-corrected chi connectivity index (χ4v) is 4.28. The van der Waals surface area contributed by atoms with Gasteiger partial charge in [-0.25, -0.2) is 0 Å². The predicted octanol–water partition coefficient (Wildman–Crippen LogP) is 3.85. The largest absolute Gasteiger partial charge is 0.493 e. The molecule has 2 aliphatic rings. The molecule has 0 amide bonds. The van der Waals surface area contributed by atoms with Crippen molar-refractivity contribution in [3.8, 4) is 11.5 Å². The molecule has 136 valence electrons. The molecule has 3 rings (SSSR count). The van der Waals surface area contributed by atoms with Gasteiger partial charge in [0.25, 0.3) is 0 Å². The molecule has 1 saturated heterocycles. The second kappa shape index (κ2) is 6.36. The quantitative estimate of drug-likeness (QED) is 0.614. The van der Waals surface area contributed by atoms with Crippen molar-refractivity contribution in [1.29, 1.82) is 0 Å². The van der Waals surface area contributed by atoms with Gasteiger partial charge in [-0.2, -0.15) is 0 Å². The number of ketones is 1. The Kier molecular flexibility index (Phi) is 4.52. The summed E-state index contributed by atoms with van der Waals surface area (Å²) in [5, 5.41) is 0. The van der Waals surface area contributed by atoms with Crippen molar-refractivity contribution < 1.29 is 23.8 Å². The van der Waals surface area contributed by atoms with E-state index in [0.29, 0.717) is 11.5 Å². The minimum atomic E-state index is -1.09. The number of methoxy groups -OCH3 is 2. The van der Waals surface area contributed by atoms with Crippen LogP contribution in [0.1, 0.15) is 57.6 Å². The van der Waals surface area contributed by atoms with E-state index in [-0.39, 0.29) is 5.78 Å². The average molecular weight is 346 g/mol. The first-order chi connectivity index (χ1) is 11.9. The van der Waals surface area contributed by atoms with Crippen molar-refractivity contribution >= 4 is 11.8 Å². The van der Waals surface area contributed by atoms with Gasteiger partial charge in [0, 0.05) is 0 Å². The summed E-state index contributed by atoms with van der Waals surface area (Å²) in [6, 6.07) is 5.47. The Balaban J connectivity index is 2.09. The summed E-state index contributed by atoms with van der Waals surface area (Å²) in [5.41, 5.74) is -0.948. The molecule has 0 aromatic heterocycles. The lowest BCUT2D eigenvalue weighted by atomic mass is 9.59. The molecule has 0 N–H and O–H groups in total. The minimum absolute atomic E-state index is 0.00994. The van der Waals surface area contributed by atoms with Crippen LogP contribution in [-0.4, -0.2) is 26.0 Å². The maximum Gasteiger partial charge on any atom is 0.319 e. The summed E-state index contributed by atoms with van der Waals surface area (Å²) < 4.78 is 16.5. The predicted molar refractivity (Wildman–Crippen MR) is 92.7 cm³/mol. The van der Waals surface area contributed by atoms with Crippen LogP contribution in [0.25, 0.3) is 0 Å². The van der Waals surface area contributed by atoms with Gasteiger partial charge >= 0.3 is 5.97 Å². The lowest BCUT2D eigenvalue weighted by molar-refractivity contribution is -0.192. The first-order valence-corrected chi connectivity index (χ1v) is 8.85. The molecule has 1 aromatic carbocycles. The van der Waals surface area contributed by atoms with Gasteiger partial charge in [0.2, 0.25) is 0 Å². The number of ether oxygens (including phenoxy) is 3. The lowest BCUT2D eigenvalue weighted by Gasteiger charge is -2.49. The summed E-state index contributed by atoms with van der Waals surface area (Å²) in [4.78, 5) is 25.9. The highest BCUT2D eigenvalue weighted by Crippen LogP contribution is 2.55. The molecule has 1 spiro atoms. The van der Waals surface area contributed by atoms with Gasteiger partial charge < -0.3 is 14.2 Å². The topological polar surface area (TPSA) is 61.8 Å². The highest BCUT2D eigenvalue weighted by atomic mass is 16.6. The third-order valence-corrected chi connectivity index (χ3v) is 5.71. The van der Waals surface area contributed by atoms with Crippen LogP contribution in [0, 0.1) is 10.8 Å². The Morgan fingerprint density at radius 1 is 1.00 bits per heavy atom. The Morgan fingerprint density at radius 3 is 2.24 bits per heavy atom. The molecule has 25 heavy (non-hydrogen) atoms. The van der Waals surface area contributed by atoms with Crippen LogP contribution in [0.4, 0.5) is 0 Å². The van der Waals surface area contributed by atoms with Gasteiger partial charge in [0.1, 0.15) is 11.5 Å². The fourth-order valence-electron chi connectivity index (χ4n) is 4.28. The van der Waals surface area contributed by atoms with Crippen LogP contribution >= 0.6 is 0 Å². The molecule has 1 atom stereocenters. The molecule has 1 saturated carbocycles. The van der Waals surface area contributed by atoms with E-state index in [1.165, 1.54) is 0 Å². The maximum absolute atomic E-state index is 13.3. The summed E-state index contributed by atoms with van der Waals surface area (Å²) in [7, 11) is 3.14. The van der Waals surface area contributed by atoms with Crippen molar-refractivity contribution in [1.82, 2.24) is 0 Å². The lowest BCUT2D eigenvalue weighted by Crippen LogP contribution is -2.55. The number of carbonyl (C=O) groups is 2. The molecule has 5 nitrogen and oxygen atoms in total. The van der Waals surface area contributed by atoms with Gasteiger partial charge in [0.15, 0.2) is 17.3 Å². The zero-order chi connectivity index (χ0) is 18.2. The number of esters is 1. The van der Waals surface area contributed by atoms with Gasteiger partial charge in [0.05, 0.1) is 19.6 Å². The van der Waals surface area contributed by atoms with E-state index in [4.69, 9.17) is 14.2 Å². The first kappa shape index (κ1) is 17.8. The maximum atomic E-state index is 13.3. The van der Waals surface area contributed by atoms with E-state index >= 15 is 0 Å². The zero-order valence-electron chi connectivity index (χ0n) is 15.4. The van der Waals surface area contributed by atoms with Crippen LogP contribution in [-0.2, 0) is 14.3 Å². The first-order valence-electron chi connectivity index (χ1n) is 8.85. The Morgan fingerprint density at radius 2 is 1.64 bits per heavy atom. The van der Waals surface area contributed by atoms with Gasteiger partial charge in [-0.15, -0.1) is 0 Å². The fraction of sp³-hybridized carbons (Fsp3) is 0.600. The van der Waals surface area contributed by atoms with E-state index in [2.05, 4.69) is 0 Å². The highest BCUT2D eigenvalue weighted by Gasteiger charge is 2.60. The number of cyclic esters (lactones) is 1. The number of hydrogen-bond donors (Lipinski definition) is 0. The van der Waals surface area contributed by atoms with E-state index in [9.17, 15) is 9.59 Å². The van der Waals surface area contributed by atoms with Crippen LogP contribution < -0.4 is 9.47 Å². The molecular formula is C20H26O5. The normalized spacial score (nSPS) is 24.7. The van der Waals surface area contributed by atoms with Crippen molar-refractivity contribution in [2.24, 2.45) is 10.8 Å². The Labute approximate surface area is 148 Å². The molecule has 1 aliphatic carbocycles. The molecule has 1 heterocycles. The molecular weight excluding hydrogens is 320 g/mol. The van der Waals surface area contributed by atoms with Crippen LogP contribution in [0.15, 0.2) is 18.2 Å². The highest BCUT2D eigenvalue weighted by molar-refractivity contribution is 6.08. The Hall–Kier alpha value is -2.04. The molecule has 1 aliphatic heterocycles. The van der Waals surface area contributed by atoms with Crippen molar-refractivity contribution in [3.63, 3.8) is 0 Å². The van der Waals surface area contributed by atoms with Crippen molar-refractivity contribution in [3.05, 3.63) is 23.8 Å². The summed E-state index contributed by atoms with van der Waals surface area (Å²) >= 11 is 0. The average Bonchev–Trinajstić information content (AvgIpc) is 2.64. The second-order valence-corrected chi connectivity index (χ2v) is 7.57. The number of carbonyl (C=O) groups excluding carboxylic acids is 2. The SMILES string of the molecule is COc1ccc(C2OC(=O)C(C)(C)C(=O)C23CCCCC3)cc1OC. The van der Waals surface area contributed by atoms with E-state index in [0.717, 1.165) is 37.7 Å². The second-order valence-electron chi connectivity index (χ2n) is 7.57. The van der Waals surface area contributed by atoms with Gasteiger partial charge in [-0.05, 0) is 44.4 Å². The minimum Gasteiger partial charge on any atom is -0.493 e. The number of benzene rings is 1. The summed E-state index contributed by atoms with van der Waals surface area (Å²) in [6.45, 7) is 3.36. The molecule has 1 unspecified atom stereocenters. The van der Waals surface area contributed by atoms with E-state index in [1.807, 2.05) is 12.1 Å². The van der Waals surface area contributed by atoms with E-state index in [1.54, 1.807) is 34.1 Å². The molecule has 0 bridgehead atoms. The van der Waals surface area contributed by atoms with Crippen molar-refractivity contribution in [2.75, 3.05) is 14.2 Å². The monoisotopic (exact) mass is 346 g/mol. The van der Waals surface area contributed by atoms with Gasteiger partial charge in [-0.3, -0.25) is 9.59 Å². The standard InChI is InChI=1S/C20H26O5/c1-19(2)17(21)20(10-6-5-7-11-20)16(25-18(19)22)13-8-9-14(23-3)15(12-13)24-4/h8-9,12,16H,5-7,10-11H2,1-4H3. The van der Waals surface area contributed by atoms with Crippen LogP contribution in [0.3, 0.4) is 0 Å².